The summed E-state index contributed by atoms with van der Waals surface area (Å²) in [6.07, 6.45) is -2.98. The van der Waals surface area contributed by atoms with Crippen molar-refractivity contribution in [2.75, 3.05) is 13.1 Å². The van der Waals surface area contributed by atoms with E-state index in [-0.39, 0.29) is 17.6 Å². The van der Waals surface area contributed by atoms with Crippen LogP contribution in [0.5, 0.6) is 0 Å². The van der Waals surface area contributed by atoms with Crippen LogP contribution in [0.2, 0.25) is 0 Å². The summed E-state index contributed by atoms with van der Waals surface area (Å²) >= 11 is 0. The van der Waals surface area contributed by atoms with Crippen LogP contribution in [0, 0.1) is 6.92 Å². The number of amides is 1. The number of likely N-dealkylation sites (tertiary alicyclic amines) is 1. The minimum absolute atomic E-state index is 0.0593. The lowest BCUT2D eigenvalue weighted by Gasteiger charge is -2.33. The Morgan fingerprint density at radius 3 is 2.63 bits per heavy atom. The molecule has 2 aromatic rings. The molecule has 0 aliphatic carbocycles. The first kappa shape index (κ1) is 19.4. The van der Waals surface area contributed by atoms with Crippen molar-refractivity contribution in [2.24, 2.45) is 0 Å². The van der Waals surface area contributed by atoms with E-state index in [0.717, 1.165) is 30.5 Å². The van der Waals surface area contributed by atoms with Crippen molar-refractivity contribution in [2.45, 2.75) is 38.7 Å². The fraction of sp³-hybridized carbons (Fsp3) is 0.381. The maximum atomic E-state index is 12.9. The standard InChI is InChI=1S/C21H22F3NO2/c1-15-7-9-16(10-8-15)14-27-19-6-3-11-25(13-19)20(26)17-4-2-5-18(12-17)21(22,23)24/h2,4-5,7-10,12,19H,3,6,11,13-14H2,1H3. The van der Waals surface area contributed by atoms with Gasteiger partial charge in [0.05, 0.1) is 18.3 Å². The van der Waals surface area contributed by atoms with Gasteiger partial charge in [0, 0.05) is 18.7 Å². The Kier molecular flexibility index (Phi) is 5.85. The van der Waals surface area contributed by atoms with Crippen LogP contribution in [0.15, 0.2) is 48.5 Å². The molecule has 0 radical (unpaired) electrons. The highest BCUT2D eigenvalue weighted by Crippen LogP contribution is 2.30. The zero-order chi connectivity index (χ0) is 19.4. The van der Waals surface area contributed by atoms with Crippen LogP contribution < -0.4 is 0 Å². The van der Waals surface area contributed by atoms with Crippen LogP contribution in [-0.4, -0.2) is 30.0 Å². The lowest BCUT2D eigenvalue weighted by atomic mass is 10.0. The second-order valence-corrected chi connectivity index (χ2v) is 6.89. The number of ether oxygens (including phenoxy) is 1. The zero-order valence-electron chi connectivity index (χ0n) is 15.1. The summed E-state index contributed by atoms with van der Waals surface area (Å²) in [7, 11) is 0. The lowest BCUT2D eigenvalue weighted by Crippen LogP contribution is -2.43. The van der Waals surface area contributed by atoms with Gasteiger partial charge in [0.25, 0.3) is 5.91 Å². The first-order chi connectivity index (χ1) is 12.8. The molecule has 1 aliphatic heterocycles. The molecule has 1 fully saturated rings. The Labute approximate surface area is 156 Å². The molecule has 3 nitrogen and oxygen atoms in total. The van der Waals surface area contributed by atoms with Crippen molar-refractivity contribution in [1.82, 2.24) is 4.90 Å². The quantitative estimate of drug-likeness (QED) is 0.763. The van der Waals surface area contributed by atoms with Crippen molar-refractivity contribution in [3.63, 3.8) is 0 Å². The third kappa shape index (κ3) is 5.10. The van der Waals surface area contributed by atoms with Gasteiger partial charge >= 0.3 is 6.18 Å². The van der Waals surface area contributed by atoms with Crippen LogP contribution in [0.25, 0.3) is 0 Å². The summed E-state index contributed by atoms with van der Waals surface area (Å²) < 4.78 is 44.6. The van der Waals surface area contributed by atoms with Gasteiger partial charge in [0.2, 0.25) is 0 Å². The summed E-state index contributed by atoms with van der Waals surface area (Å²) in [5.74, 6) is -0.385. The van der Waals surface area contributed by atoms with Crippen molar-refractivity contribution in [3.05, 3.63) is 70.8 Å². The fourth-order valence-electron chi connectivity index (χ4n) is 3.17. The molecule has 27 heavy (non-hydrogen) atoms. The molecule has 1 aliphatic rings. The van der Waals surface area contributed by atoms with Gasteiger partial charge in [-0.25, -0.2) is 0 Å². The molecule has 0 bridgehead atoms. The Bertz CT molecular complexity index is 787. The Balaban J connectivity index is 1.62. The number of carbonyl (C=O) groups excluding carboxylic acids is 1. The van der Waals surface area contributed by atoms with Gasteiger partial charge < -0.3 is 9.64 Å². The van der Waals surface area contributed by atoms with Gasteiger partial charge in [-0.3, -0.25) is 4.79 Å². The predicted octanol–water partition coefficient (Wildman–Crippen LogP) is 4.84. The summed E-state index contributed by atoms with van der Waals surface area (Å²) in [6, 6.07) is 12.6. The van der Waals surface area contributed by atoms with E-state index < -0.39 is 11.7 Å². The average molecular weight is 377 g/mol. The lowest BCUT2D eigenvalue weighted by molar-refractivity contribution is -0.137. The third-order valence-electron chi connectivity index (χ3n) is 4.71. The Morgan fingerprint density at radius 1 is 1.19 bits per heavy atom. The SMILES string of the molecule is Cc1ccc(COC2CCCN(C(=O)c3cccc(C(F)(F)F)c3)C2)cc1. The van der Waals surface area contributed by atoms with E-state index >= 15 is 0 Å². The van der Waals surface area contributed by atoms with E-state index in [1.165, 1.54) is 17.7 Å². The number of alkyl halides is 3. The van der Waals surface area contributed by atoms with Crippen molar-refractivity contribution < 1.29 is 22.7 Å². The number of piperidine rings is 1. The van der Waals surface area contributed by atoms with Crippen LogP contribution in [-0.2, 0) is 17.5 Å². The van der Waals surface area contributed by atoms with Crippen LogP contribution in [0.3, 0.4) is 0 Å². The summed E-state index contributed by atoms with van der Waals surface area (Å²) in [6.45, 7) is 3.39. The molecule has 0 aromatic heterocycles. The molecule has 6 heteroatoms. The van der Waals surface area contributed by atoms with E-state index in [0.29, 0.717) is 19.7 Å². The van der Waals surface area contributed by atoms with Gasteiger partial charge in [0.1, 0.15) is 0 Å². The third-order valence-corrected chi connectivity index (χ3v) is 4.71. The van der Waals surface area contributed by atoms with Crippen molar-refractivity contribution in [3.8, 4) is 0 Å². The summed E-state index contributed by atoms with van der Waals surface area (Å²) in [5.41, 5.74) is 1.48. The number of nitrogens with zero attached hydrogens (tertiary/aromatic N) is 1. The van der Waals surface area contributed by atoms with Crippen LogP contribution >= 0.6 is 0 Å². The molecule has 1 saturated heterocycles. The topological polar surface area (TPSA) is 29.5 Å². The van der Waals surface area contributed by atoms with Crippen LogP contribution in [0.1, 0.15) is 39.9 Å². The molecule has 1 unspecified atom stereocenters. The minimum Gasteiger partial charge on any atom is -0.372 e. The molecule has 0 spiro atoms. The van der Waals surface area contributed by atoms with Crippen molar-refractivity contribution in [1.29, 1.82) is 0 Å². The summed E-state index contributed by atoms with van der Waals surface area (Å²) in [4.78, 5) is 14.2. The van der Waals surface area contributed by atoms with E-state index in [9.17, 15) is 18.0 Å². The largest absolute Gasteiger partial charge is 0.416 e. The number of halogens is 3. The monoisotopic (exact) mass is 377 g/mol. The molecular formula is C21H22F3NO2. The van der Waals surface area contributed by atoms with Gasteiger partial charge in [-0.05, 0) is 43.5 Å². The van der Waals surface area contributed by atoms with Gasteiger partial charge in [-0.1, -0.05) is 35.9 Å². The highest BCUT2D eigenvalue weighted by Gasteiger charge is 2.32. The average Bonchev–Trinajstić information content (AvgIpc) is 2.67. The molecule has 2 aromatic carbocycles. The number of carbonyl (C=O) groups is 1. The van der Waals surface area contributed by atoms with Crippen molar-refractivity contribution >= 4 is 5.91 Å². The van der Waals surface area contributed by atoms with E-state index in [1.54, 1.807) is 4.90 Å². The van der Waals surface area contributed by atoms with E-state index in [4.69, 9.17) is 4.74 Å². The molecule has 1 amide bonds. The Morgan fingerprint density at radius 2 is 1.93 bits per heavy atom. The number of aryl methyl sites for hydroxylation is 1. The molecule has 0 saturated carbocycles. The predicted molar refractivity (Wildman–Crippen MR) is 96.3 cm³/mol. The molecule has 0 N–H and O–H groups in total. The number of hydrogen-bond donors (Lipinski definition) is 0. The number of rotatable bonds is 4. The first-order valence-electron chi connectivity index (χ1n) is 8.96. The molecular weight excluding hydrogens is 355 g/mol. The van der Waals surface area contributed by atoms with E-state index in [2.05, 4.69) is 0 Å². The minimum atomic E-state index is -4.46. The maximum Gasteiger partial charge on any atom is 0.416 e. The fourth-order valence-corrected chi connectivity index (χ4v) is 3.17. The maximum absolute atomic E-state index is 12.9. The van der Waals surface area contributed by atoms with Gasteiger partial charge in [0.15, 0.2) is 0 Å². The second-order valence-electron chi connectivity index (χ2n) is 6.89. The molecule has 1 heterocycles. The van der Waals surface area contributed by atoms with Gasteiger partial charge in [-0.2, -0.15) is 13.2 Å². The Hall–Kier alpha value is -2.34. The smallest absolute Gasteiger partial charge is 0.372 e. The highest BCUT2D eigenvalue weighted by atomic mass is 19.4. The normalized spacial score (nSPS) is 17.8. The summed E-state index contributed by atoms with van der Waals surface area (Å²) in [5, 5.41) is 0. The molecule has 3 rings (SSSR count). The number of benzene rings is 2. The molecule has 144 valence electrons. The first-order valence-corrected chi connectivity index (χ1v) is 8.96. The number of hydrogen-bond acceptors (Lipinski definition) is 2. The zero-order valence-corrected chi connectivity index (χ0v) is 15.1. The van der Waals surface area contributed by atoms with Crippen LogP contribution in [0.4, 0.5) is 13.2 Å². The second kappa shape index (κ2) is 8.13. The molecule has 1 atom stereocenters. The van der Waals surface area contributed by atoms with Gasteiger partial charge in [-0.15, -0.1) is 0 Å². The highest BCUT2D eigenvalue weighted by molar-refractivity contribution is 5.94. The van der Waals surface area contributed by atoms with E-state index in [1.807, 2.05) is 31.2 Å².